The Labute approximate surface area is 112 Å². The second kappa shape index (κ2) is 6.71. The number of carbonyl (C=O) groups is 1. The Kier molecular flexibility index (Phi) is 4.70. The summed E-state index contributed by atoms with van der Waals surface area (Å²) >= 11 is 0. The number of ether oxygens (including phenoxy) is 2. The molecular formula is C16H16O3. The van der Waals surface area contributed by atoms with Crippen LogP contribution in [0.1, 0.15) is 17.2 Å². The van der Waals surface area contributed by atoms with Gasteiger partial charge in [-0.2, -0.15) is 0 Å². The zero-order chi connectivity index (χ0) is 13.5. The summed E-state index contributed by atoms with van der Waals surface area (Å²) in [7, 11) is 1.37. The van der Waals surface area contributed by atoms with E-state index in [0.29, 0.717) is 6.61 Å². The third-order valence-electron chi connectivity index (χ3n) is 2.78. The van der Waals surface area contributed by atoms with E-state index >= 15 is 0 Å². The Morgan fingerprint density at radius 3 is 2.16 bits per heavy atom. The number of benzene rings is 2. The van der Waals surface area contributed by atoms with Crippen molar-refractivity contribution in [2.75, 3.05) is 7.11 Å². The molecule has 0 aromatic heterocycles. The monoisotopic (exact) mass is 256 g/mol. The zero-order valence-corrected chi connectivity index (χ0v) is 10.8. The van der Waals surface area contributed by atoms with Gasteiger partial charge in [-0.1, -0.05) is 60.7 Å². The average molecular weight is 256 g/mol. The van der Waals surface area contributed by atoms with Crippen LogP contribution in [0, 0.1) is 0 Å². The average Bonchev–Trinajstić information content (AvgIpc) is 2.49. The van der Waals surface area contributed by atoms with Gasteiger partial charge >= 0.3 is 5.97 Å². The summed E-state index contributed by atoms with van der Waals surface area (Å²) < 4.78 is 10.5. The standard InChI is InChI=1S/C16H16O3/c1-18-16(17)15(14-10-6-3-7-11-14)19-12-13-8-4-2-5-9-13/h2-11,15H,12H2,1H3. The topological polar surface area (TPSA) is 35.5 Å². The lowest BCUT2D eigenvalue weighted by molar-refractivity contribution is -0.155. The molecule has 0 saturated heterocycles. The molecule has 98 valence electrons. The molecule has 0 spiro atoms. The highest BCUT2D eigenvalue weighted by molar-refractivity contribution is 5.76. The smallest absolute Gasteiger partial charge is 0.339 e. The molecule has 0 bridgehead atoms. The van der Waals surface area contributed by atoms with E-state index in [9.17, 15) is 4.79 Å². The Morgan fingerprint density at radius 2 is 1.58 bits per heavy atom. The van der Waals surface area contributed by atoms with Gasteiger partial charge in [0.05, 0.1) is 13.7 Å². The lowest BCUT2D eigenvalue weighted by Gasteiger charge is -2.16. The number of rotatable bonds is 5. The van der Waals surface area contributed by atoms with Crippen molar-refractivity contribution in [2.24, 2.45) is 0 Å². The fourth-order valence-electron chi connectivity index (χ4n) is 1.79. The minimum Gasteiger partial charge on any atom is -0.467 e. The van der Waals surface area contributed by atoms with Crippen molar-refractivity contribution in [3.8, 4) is 0 Å². The van der Waals surface area contributed by atoms with Gasteiger partial charge in [0.25, 0.3) is 0 Å². The SMILES string of the molecule is COC(=O)C(OCc1ccccc1)c1ccccc1. The molecule has 0 aliphatic rings. The van der Waals surface area contributed by atoms with Crippen molar-refractivity contribution in [2.45, 2.75) is 12.7 Å². The number of carbonyl (C=O) groups excluding carboxylic acids is 1. The number of methoxy groups -OCH3 is 1. The summed E-state index contributed by atoms with van der Waals surface area (Å²) in [6.45, 7) is 0.371. The predicted molar refractivity (Wildman–Crippen MR) is 72.4 cm³/mol. The molecule has 0 aliphatic heterocycles. The Hall–Kier alpha value is -2.13. The first kappa shape index (κ1) is 13.3. The quantitative estimate of drug-likeness (QED) is 0.771. The molecule has 0 N–H and O–H groups in total. The summed E-state index contributed by atoms with van der Waals surface area (Å²) in [5, 5.41) is 0. The van der Waals surface area contributed by atoms with Crippen LogP contribution in [0.25, 0.3) is 0 Å². The molecule has 2 aromatic rings. The Balaban J connectivity index is 2.09. The maximum atomic E-state index is 11.8. The first-order valence-electron chi connectivity index (χ1n) is 6.09. The lowest BCUT2D eigenvalue weighted by Crippen LogP contribution is -2.17. The van der Waals surface area contributed by atoms with Crippen molar-refractivity contribution >= 4 is 5.97 Å². The largest absolute Gasteiger partial charge is 0.467 e. The van der Waals surface area contributed by atoms with Crippen LogP contribution in [-0.2, 0) is 20.9 Å². The van der Waals surface area contributed by atoms with E-state index in [4.69, 9.17) is 9.47 Å². The van der Waals surface area contributed by atoms with Gasteiger partial charge in [0.1, 0.15) is 0 Å². The van der Waals surface area contributed by atoms with Gasteiger partial charge in [-0.3, -0.25) is 0 Å². The first-order chi connectivity index (χ1) is 9.31. The van der Waals surface area contributed by atoms with Gasteiger partial charge in [-0.25, -0.2) is 4.79 Å². The molecule has 3 heteroatoms. The van der Waals surface area contributed by atoms with Crippen molar-refractivity contribution in [1.82, 2.24) is 0 Å². The van der Waals surface area contributed by atoms with E-state index in [1.165, 1.54) is 7.11 Å². The van der Waals surface area contributed by atoms with E-state index in [0.717, 1.165) is 11.1 Å². The highest BCUT2D eigenvalue weighted by Gasteiger charge is 2.21. The predicted octanol–water partition coefficient (Wildman–Crippen LogP) is 3.12. The second-order valence-electron chi connectivity index (χ2n) is 4.11. The van der Waals surface area contributed by atoms with Crippen LogP contribution in [-0.4, -0.2) is 13.1 Å². The fourth-order valence-corrected chi connectivity index (χ4v) is 1.79. The maximum absolute atomic E-state index is 11.8. The molecule has 0 amide bonds. The van der Waals surface area contributed by atoms with Gasteiger partial charge in [0, 0.05) is 0 Å². The van der Waals surface area contributed by atoms with Crippen molar-refractivity contribution in [1.29, 1.82) is 0 Å². The first-order valence-corrected chi connectivity index (χ1v) is 6.09. The third-order valence-corrected chi connectivity index (χ3v) is 2.78. The molecule has 1 atom stereocenters. The van der Waals surface area contributed by atoms with Crippen molar-refractivity contribution in [3.05, 3.63) is 71.8 Å². The van der Waals surface area contributed by atoms with Gasteiger partial charge in [-0.15, -0.1) is 0 Å². The molecule has 19 heavy (non-hydrogen) atoms. The number of hydrogen-bond donors (Lipinski definition) is 0. The minimum absolute atomic E-state index is 0.371. The van der Waals surface area contributed by atoms with Gasteiger partial charge in [-0.05, 0) is 11.1 Å². The normalized spacial score (nSPS) is 11.8. The van der Waals surface area contributed by atoms with Crippen LogP contribution >= 0.6 is 0 Å². The van der Waals surface area contributed by atoms with Gasteiger partial charge in [0.15, 0.2) is 6.10 Å². The molecule has 2 aromatic carbocycles. The van der Waals surface area contributed by atoms with Crippen LogP contribution in [0.2, 0.25) is 0 Å². The highest BCUT2D eigenvalue weighted by Crippen LogP contribution is 2.20. The minimum atomic E-state index is -0.689. The lowest BCUT2D eigenvalue weighted by atomic mass is 10.1. The van der Waals surface area contributed by atoms with Crippen LogP contribution in [0.4, 0.5) is 0 Å². The third kappa shape index (κ3) is 3.66. The van der Waals surface area contributed by atoms with E-state index in [1.54, 1.807) is 0 Å². The van der Waals surface area contributed by atoms with Crippen LogP contribution < -0.4 is 0 Å². The van der Waals surface area contributed by atoms with Crippen molar-refractivity contribution < 1.29 is 14.3 Å². The zero-order valence-electron chi connectivity index (χ0n) is 10.8. The molecular weight excluding hydrogens is 240 g/mol. The van der Waals surface area contributed by atoms with Crippen LogP contribution in [0.15, 0.2) is 60.7 Å². The Bertz CT molecular complexity index is 508. The molecule has 0 saturated carbocycles. The van der Waals surface area contributed by atoms with Crippen LogP contribution in [0.3, 0.4) is 0 Å². The second-order valence-corrected chi connectivity index (χ2v) is 4.11. The van der Waals surface area contributed by atoms with E-state index in [1.807, 2.05) is 60.7 Å². The summed E-state index contributed by atoms with van der Waals surface area (Å²) in [6.07, 6.45) is -0.689. The van der Waals surface area contributed by atoms with E-state index in [-0.39, 0.29) is 5.97 Å². The van der Waals surface area contributed by atoms with E-state index < -0.39 is 6.10 Å². The van der Waals surface area contributed by atoms with Crippen LogP contribution in [0.5, 0.6) is 0 Å². The Morgan fingerprint density at radius 1 is 1.00 bits per heavy atom. The van der Waals surface area contributed by atoms with Gasteiger partial charge in [0.2, 0.25) is 0 Å². The fraction of sp³-hybridized carbons (Fsp3) is 0.188. The molecule has 1 unspecified atom stereocenters. The molecule has 3 nitrogen and oxygen atoms in total. The molecule has 0 heterocycles. The number of hydrogen-bond acceptors (Lipinski definition) is 3. The highest BCUT2D eigenvalue weighted by atomic mass is 16.6. The van der Waals surface area contributed by atoms with Crippen molar-refractivity contribution in [3.63, 3.8) is 0 Å². The molecule has 0 fully saturated rings. The number of esters is 1. The molecule has 0 radical (unpaired) electrons. The maximum Gasteiger partial charge on any atom is 0.339 e. The molecule has 2 rings (SSSR count). The van der Waals surface area contributed by atoms with Gasteiger partial charge < -0.3 is 9.47 Å². The summed E-state index contributed by atoms with van der Waals surface area (Å²) in [6, 6.07) is 19.1. The summed E-state index contributed by atoms with van der Waals surface area (Å²) in [5.41, 5.74) is 1.82. The summed E-state index contributed by atoms with van der Waals surface area (Å²) in [5.74, 6) is -0.387. The summed E-state index contributed by atoms with van der Waals surface area (Å²) in [4.78, 5) is 11.8. The molecule has 0 aliphatic carbocycles. The van der Waals surface area contributed by atoms with E-state index in [2.05, 4.69) is 0 Å².